The highest BCUT2D eigenvalue weighted by Gasteiger charge is 2.20. The molecule has 0 bridgehead atoms. The Bertz CT molecular complexity index is 995. The maximum atomic E-state index is 12.9. The third-order valence-corrected chi connectivity index (χ3v) is 5.67. The Morgan fingerprint density at radius 3 is 2.55 bits per heavy atom. The molecule has 2 heterocycles. The smallest absolute Gasteiger partial charge is 0.272 e. The van der Waals surface area contributed by atoms with Gasteiger partial charge in [-0.1, -0.05) is 18.2 Å². The monoisotopic (exact) mass is 395 g/mol. The summed E-state index contributed by atoms with van der Waals surface area (Å²) in [6.45, 7) is 3.79. The maximum absolute atomic E-state index is 12.9. The molecule has 0 radical (unpaired) electrons. The Labute approximate surface area is 169 Å². The SMILES string of the molecule is O=c1[nH]nc(CC2CCN(CCCOc3ccc(F)cc3)CC2)c2ccccc12. The molecule has 0 unspecified atom stereocenters. The van der Waals surface area contributed by atoms with Crippen molar-refractivity contribution in [2.24, 2.45) is 5.92 Å². The van der Waals surface area contributed by atoms with Gasteiger partial charge in [-0.25, -0.2) is 9.49 Å². The minimum Gasteiger partial charge on any atom is -0.494 e. The largest absolute Gasteiger partial charge is 0.494 e. The van der Waals surface area contributed by atoms with Crippen LogP contribution >= 0.6 is 0 Å². The minimum atomic E-state index is -0.245. The van der Waals surface area contributed by atoms with Gasteiger partial charge in [0.15, 0.2) is 0 Å². The van der Waals surface area contributed by atoms with Crippen LogP contribution in [-0.2, 0) is 6.42 Å². The molecule has 152 valence electrons. The number of hydrogen-bond donors (Lipinski definition) is 1. The molecule has 1 aromatic heterocycles. The van der Waals surface area contributed by atoms with E-state index in [0.717, 1.165) is 61.8 Å². The van der Waals surface area contributed by atoms with E-state index in [9.17, 15) is 9.18 Å². The molecule has 0 aliphatic carbocycles. The van der Waals surface area contributed by atoms with Crippen LogP contribution in [0.1, 0.15) is 25.0 Å². The number of aromatic nitrogens is 2. The van der Waals surface area contributed by atoms with E-state index in [1.54, 1.807) is 12.1 Å². The van der Waals surface area contributed by atoms with Gasteiger partial charge in [0.2, 0.25) is 0 Å². The van der Waals surface area contributed by atoms with Crippen molar-refractivity contribution < 1.29 is 9.13 Å². The van der Waals surface area contributed by atoms with Crippen molar-refractivity contribution >= 4 is 10.8 Å². The fourth-order valence-electron chi connectivity index (χ4n) is 4.02. The Balaban J connectivity index is 1.22. The molecule has 0 amide bonds. The van der Waals surface area contributed by atoms with Crippen LogP contribution in [0.3, 0.4) is 0 Å². The lowest BCUT2D eigenvalue weighted by atomic mass is 9.91. The molecule has 2 aromatic carbocycles. The van der Waals surface area contributed by atoms with E-state index < -0.39 is 0 Å². The van der Waals surface area contributed by atoms with Gasteiger partial charge < -0.3 is 9.64 Å². The minimum absolute atomic E-state index is 0.123. The number of nitrogens with zero attached hydrogens (tertiary/aromatic N) is 2. The van der Waals surface area contributed by atoms with Gasteiger partial charge >= 0.3 is 0 Å². The molecule has 1 aliphatic rings. The molecule has 5 nitrogen and oxygen atoms in total. The highest BCUT2D eigenvalue weighted by atomic mass is 19.1. The van der Waals surface area contributed by atoms with E-state index >= 15 is 0 Å². The standard InChI is InChI=1S/C23H26FN3O2/c24-18-6-8-19(9-7-18)29-15-3-12-27-13-10-17(11-14-27)16-22-20-4-1-2-5-21(20)23(28)26-25-22/h1-2,4-9,17H,3,10-16H2,(H,26,28). The van der Waals surface area contributed by atoms with Gasteiger partial charge in [0, 0.05) is 11.9 Å². The second-order valence-corrected chi connectivity index (χ2v) is 7.69. The summed E-state index contributed by atoms with van der Waals surface area (Å²) in [5.41, 5.74) is 0.869. The maximum Gasteiger partial charge on any atom is 0.272 e. The molecule has 3 aromatic rings. The van der Waals surface area contributed by atoms with E-state index in [2.05, 4.69) is 15.1 Å². The van der Waals surface area contributed by atoms with Crippen LogP contribution in [-0.4, -0.2) is 41.3 Å². The summed E-state index contributed by atoms with van der Waals surface area (Å²) < 4.78 is 18.6. The number of benzene rings is 2. The number of nitrogens with one attached hydrogen (secondary N) is 1. The second-order valence-electron chi connectivity index (χ2n) is 7.69. The van der Waals surface area contributed by atoms with Gasteiger partial charge in [0.1, 0.15) is 11.6 Å². The predicted octanol–water partition coefficient (Wildman–Crippen LogP) is 3.79. The summed E-state index contributed by atoms with van der Waals surface area (Å²) in [7, 11) is 0. The number of aromatic amines is 1. The summed E-state index contributed by atoms with van der Waals surface area (Å²) >= 11 is 0. The summed E-state index contributed by atoms with van der Waals surface area (Å²) in [5, 5.41) is 8.65. The summed E-state index contributed by atoms with van der Waals surface area (Å²) in [5.74, 6) is 1.06. The topological polar surface area (TPSA) is 58.2 Å². The van der Waals surface area contributed by atoms with E-state index in [4.69, 9.17) is 4.74 Å². The molecule has 29 heavy (non-hydrogen) atoms. The van der Waals surface area contributed by atoms with Crippen LogP contribution in [0.4, 0.5) is 4.39 Å². The molecular formula is C23H26FN3O2. The number of fused-ring (bicyclic) bond motifs is 1. The Morgan fingerprint density at radius 2 is 1.79 bits per heavy atom. The summed E-state index contributed by atoms with van der Waals surface area (Å²) in [6, 6.07) is 13.9. The lowest BCUT2D eigenvalue weighted by molar-refractivity contribution is 0.170. The van der Waals surface area contributed by atoms with E-state index in [1.165, 1.54) is 12.1 Å². The van der Waals surface area contributed by atoms with Crippen molar-refractivity contribution in [3.8, 4) is 5.75 Å². The first-order valence-corrected chi connectivity index (χ1v) is 10.3. The number of likely N-dealkylation sites (tertiary alicyclic amines) is 1. The molecular weight excluding hydrogens is 369 g/mol. The van der Waals surface area contributed by atoms with Crippen molar-refractivity contribution in [2.75, 3.05) is 26.2 Å². The first kappa shape index (κ1) is 19.6. The number of ether oxygens (including phenoxy) is 1. The lowest BCUT2D eigenvalue weighted by Gasteiger charge is -2.31. The van der Waals surface area contributed by atoms with E-state index in [1.807, 2.05) is 24.3 Å². The predicted molar refractivity (Wildman–Crippen MR) is 112 cm³/mol. The van der Waals surface area contributed by atoms with Gasteiger partial charge in [-0.15, -0.1) is 0 Å². The first-order valence-electron chi connectivity index (χ1n) is 10.3. The van der Waals surface area contributed by atoms with Crippen molar-refractivity contribution in [1.29, 1.82) is 0 Å². The molecule has 4 rings (SSSR count). The van der Waals surface area contributed by atoms with Crippen molar-refractivity contribution in [3.05, 3.63) is 70.4 Å². The van der Waals surface area contributed by atoms with Crippen LogP contribution in [0.25, 0.3) is 10.8 Å². The van der Waals surface area contributed by atoms with Crippen LogP contribution in [0.2, 0.25) is 0 Å². The quantitative estimate of drug-likeness (QED) is 0.619. The van der Waals surface area contributed by atoms with Crippen LogP contribution in [0, 0.1) is 11.7 Å². The molecule has 1 saturated heterocycles. The second kappa shape index (κ2) is 9.18. The van der Waals surface area contributed by atoms with Crippen LogP contribution in [0.15, 0.2) is 53.3 Å². The molecule has 1 N–H and O–H groups in total. The van der Waals surface area contributed by atoms with E-state index in [-0.39, 0.29) is 11.4 Å². The highest BCUT2D eigenvalue weighted by molar-refractivity contribution is 5.83. The zero-order valence-electron chi connectivity index (χ0n) is 16.4. The molecule has 0 atom stereocenters. The van der Waals surface area contributed by atoms with Crippen molar-refractivity contribution in [2.45, 2.75) is 25.7 Å². The molecule has 6 heteroatoms. The normalized spacial score (nSPS) is 15.6. The third-order valence-electron chi connectivity index (χ3n) is 5.67. The molecule has 1 fully saturated rings. The van der Waals surface area contributed by atoms with Crippen molar-refractivity contribution in [3.63, 3.8) is 0 Å². The number of H-pyrrole nitrogens is 1. The number of halogens is 1. The zero-order chi connectivity index (χ0) is 20.1. The van der Waals surface area contributed by atoms with Crippen molar-refractivity contribution in [1.82, 2.24) is 15.1 Å². The molecule has 0 saturated carbocycles. The Hall–Kier alpha value is -2.73. The summed E-state index contributed by atoms with van der Waals surface area (Å²) in [6.07, 6.45) is 4.12. The number of piperidine rings is 1. The van der Waals surface area contributed by atoms with Gasteiger partial charge in [-0.2, -0.15) is 5.10 Å². The fourth-order valence-corrected chi connectivity index (χ4v) is 4.02. The number of hydrogen-bond acceptors (Lipinski definition) is 4. The van der Waals surface area contributed by atoms with Gasteiger partial charge in [-0.05, 0) is 75.0 Å². The lowest BCUT2D eigenvalue weighted by Crippen LogP contribution is -2.35. The van der Waals surface area contributed by atoms with Gasteiger partial charge in [-0.3, -0.25) is 4.79 Å². The third kappa shape index (κ3) is 5.01. The van der Waals surface area contributed by atoms with Gasteiger partial charge in [0.05, 0.1) is 17.7 Å². The fraction of sp³-hybridized carbons (Fsp3) is 0.391. The Morgan fingerprint density at radius 1 is 1.07 bits per heavy atom. The number of rotatable bonds is 7. The highest BCUT2D eigenvalue weighted by Crippen LogP contribution is 2.24. The van der Waals surface area contributed by atoms with Crippen LogP contribution < -0.4 is 10.3 Å². The summed E-state index contributed by atoms with van der Waals surface area (Å²) in [4.78, 5) is 14.4. The van der Waals surface area contributed by atoms with Crippen LogP contribution in [0.5, 0.6) is 5.75 Å². The average Bonchev–Trinajstić information content (AvgIpc) is 2.76. The molecule has 0 spiro atoms. The first-order chi connectivity index (χ1) is 14.2. The van der Waals surface area contributed by atoms with Gasteiger partial charge in [0.25, 0.3) is 5.56 Å². The van der Waals surface area contributed by atoms with E-state index in [0.29, 0.717) is 18.3 Å². The average molecular weight is 395 g/mol. The Kier molecular flexibility index (Phi) is 6.20. The zero-order valence-corrected chi connectivity index (χ0v) is 16.4. The molecule has 1 aliphatic heterocycles.